The SMILES string of the molecule is CC(C)C1CCC(C)C1O. The third-order valence-corrected chi connectivity index (χ3v) is 2.83. The van der Waals surface area contributed by atoms with E-state index in [0.717, 1.165) is 0 Å². The molecule has 0 aromatic heterocycles. The molecule has 1 heteroatoms. The molecule has 0 radical (unpaired) electrons. The maximum atomic E-state index is 9.63. The molecule has 1 N–H and O–H groups in total. The highest BCUT2D eigenvalue weighted by molar-refractivity contribution is 4.83. The van der Waals surface area contributed by atoms with Gasteiger partial charge in [0.25, 0.3) is 0 Å². The third kappa shape index (κ3) is 1.34. The fraction of sp³-hybridized carbons (Fsp3) is 1.00. The van der Waals surface area contributed by atoms with Crippen LogP contribution in [0, 0.1) is 17.8 Å². The Labute approximate surface area is 63.4 Å². The molecule has 0 amide bonds. The first-order chi connectivity index (χ1) is 4.63. The lowest BCUT2D eigenvalue weighted by Gasteiger charge is -2.20. The molecule has 0 saturated heterocycles. The predicted octanol–water partition coefficient (Wildman–Crippen LogP) is 2.05. The van der Waals surface area contributed by atoms with Gasteiger partial charge in [0.2, 0.25) is 0 Å². The molecule has 1 fully saturated rings. The van der Waals surface area contributed by atoms with Crippen LogP contribution in [0.5, 0.6) is 0 Å². The normalized spacial score (nSPS) is 41.1. The van der Waals surface area contributed by atoms with E-state index in [1.807, 2.05) is 0 Å². The van der Waals surface area contributed by atoms with Crippen molar-refractivity contribution in [2.24, 2.45) is 17.8 Å². The molecule has 0 spiro atoms. The van der Waals surface area contributed by atoms with Crippen LogP contribution in [0.3, 0.4) is 0 Å². The fourth-order valence-electron chi connectivity index (χ4n) is 1.95. The molecule has 0 aromatic carbocycles. The van der Waals surface area contributed by atoms with E-state index in [4.69, 9.17) is 0 Å². The smallest absolute Gasteiger partial charge is 0.0596 e. The Balaban J connectivity index is 2.49. The minimum absolute atomic E-state index is 0.0278. The highest BCUT2D eigenvalue weighted by atomic mass is 16.3. The molecule has 0 aromatic rings. The molecule has 1 rings (SSSR count). The average molecular weight is 142 g/mol. The van der Waals surface area contributed by atoms with Crippen molar-refractivity contribution in [1.29, 1.82) is 0 Å². The van der Waals surface area contributed by atoms with Gasteiger partial charge in [0.15, 0.2) is 0 Å². The molecule has 3 atom stereocenters. The van der Waals surface area contributed by atoms with Crippen LogP contribution >= 0.6 is 0 Å². The molecule has 3 unspecified atom stereocenters. The number of aliphatic hydroxyl groups is 1. The van der Waals surface area contributed by atoms with Gasteiger partial charge in [-0.25, -0.2) is 0 Å². The summed E-state index contributed by atoms with van der Waals surface area (Å²) in [6, 6.07) is 0. The van der Waals surface area contributed by atoms with Crippen LogP contribution in [-0.4, -0.2) is 11.2 Å². The summed E-state index contributed by atoms with van der Waals surface area (Å²) >= 11 is 0. The zero-order chi connectivity index (χ0) is 7.72. The van der Waals surface area contributed by atoms with Gasteiger partial charge in [0, 0.05) is 0 Å². The van der Waals surface area contributed by atoms with Crippen LogP contribution in [0.25, 0.3) is 0 Å². The van der Waals surface area contributed by atoms with Crippen molar-refractivity contribution in [3.05, 3.63) is 0 Å². The van der Waals surface area contributed by atoms with Crippen molar-refractivity contribution in [3.63, 3.8) is 0 Å². The minimum atomic E-state index is -0.0278. The molecule has 1 saturated carbocycles. The van der Waals surface area contributed by atoms with Crippen molar-refractivity contribution < 1.29 is 5.11 Å². The molecule has 0 bridgehead atoms. The second-order valence-electron chi connectivity index (χ2n) is 3.95. The second kappa shape index (κ2) is 2.91. The van der Waals surface area contributed by atoms with Crippen molar-refractivity contribution in [2.75, 3.05) is 0 Å². The van der Waals surface area contributed by atoms with E-state index in [2.05, 4.69) is 20.8 Å². The maximum Gasteiger partial charge on any atom is 0.0596 e. The fourth-order valence-corrected chi connectivity index (χ4v) is 1.95. The summed E-state index contributed by atoms with van der Waals surface area (Å²) in [6.45, 7) is 6.55. The standard InChI is InChI=1S/C9H18O/c1-6(2)8-5-4-7(3)9(8)10/h6-10H,4-5H2,1-3H3. The molecule has 1 aliphatic carbocycles. The van der Waals surface area contributed by atoms with Crippen molar-refractivity contribution in [2.45, 2.75) is 39.7 Å². The van der Waals surface area contributed by atoms with Crippen LogP contribution in [0.4, 0.5) is 0 Å². The molecule has 60 valence electrons. The first-order valence-corrected chi connectivity index (χ1v) is 4.31. The van der Waals surface area contributed by atoms with Gasteiger partial charge in [-0.3, -0.25) is 0 Å². The van der Waals surface area contributed by atoms with E-state index in [0.29, 0.717) is 17.8 Å². The lowest BCUT2D eigenvalue weighted by atomic mass is 9.91. The molecule has 1 nitrogen and oxygen atoms in total. The Morgan fingerprint density at radius 2 is 1.90 bits per heavy atom. The Kier molecular flexibility index (Phi) is 2.35. The third-order valence-electron chi connectivity index (χ3n) is 2.83. The molecule has 0 heterocycles. The van der Waals surface area contributed by atoms with Gasteiger partial charge in [0.05, 0.1) is 6.10 Å². The molecule has 10 heavy (non-hydrogen) atoms. The van der Waals surface area contributed by atoms with Gasteiger partial charge < -0.3 is 5.11 Å². The predicted molar refractivity (Wildman–Crippen MR) is 42.7 cm³/mol. The van der Waals surface area contributed by atoms with Crippen LogP contribution < -0.4 is 0 Å². The number of hydrogen-bond donors (Lipinski definition) is 1. The Morgan fingerprint density at radius 3 is 2.10 bits per heavy atom. The van der Waals surface area contributed by atoms with Crippen molar-refractivity contribution in [1.82, 2.24) is 0 Å². The largest absolute Gasteiger partial charge is 0.393 e. The summed E-state index contributed by atoms with van der Waals surface area (Å²) in [5.41, 5.74) is 0. The van der Waals surface area contributed by atoms with Crippen LogP contribution in [-0.2, 0) is 0 Å². The Hall–Kier alpha value is -0.0400. The highest BCUT2D eigenvalue weighted by Gasteiger charge is 2.33. The summed E-state index contributed by atoms with van der Waals surface area (Å²) in [5, 5.41) is 9.63. The van der Waals surface area contributed by atoms with Crippen LogP contribution in [0.1, 0.15) is 33.6 Å². The quantitative estimate of drug-likeness (QED) is 0.594. The second-order valence-corrected chi connectivity index (χ2v) is 3.95. The topological polar surface area (TPSA) is 20.2 Å². The van der Waals surface area contributed by atoms with Gasteiger partial charge in [-0.1, -0.05) is 20.8 Å². The van der Waals surface area contributed by atoms with Gasteiger partial charge in [0.1, 0.15) is 0 Å². The van der Waals surface area contributed by atoms with Crippen molar-refractivity contribution >= 4 is 0 Å². The average Bonchev–Trinajstić information content (AvgIpc) is 2.14. The summed E-state index contributed by atoms with van der Waals surface area (Å²) in [7, 11) is 0. The van der Waals surface area contributed by atoms with E-state index in [1.165, 1.54) is 12.8 Å². The van der Waals surface area contributed by atoms with Crippen molar-refractivity contribution in [3.8, 4) is 0 Å². The van der Waals surface area contributed by atoms with Gasteiger partial charge in [-0.15, -0.1) is 0 Å². The zero-order valence-electron chi connectivity index (χ0n) is 7.17. The van der Waals surface area contributed by atoms with E-state index in [9.17, 15) is 5.11 Å². The van der Waals surface area contributed by atoms with Gasteiger partial charge >= 0.3 is 0 Å². The minimum Gasteiger partial charge on any atom is -0.393 e. The highest BCUT2D eigenvalue weighted by Crippen LogP contribution is 2.35. The lowest BCUT2D eigenvalue weighted by Crippen LogP contribution is -2.22. The van der Waals surface area contributed by atoms with Crippen LogP contribution in [0.15, 0.2) is 0 Å². The molecular formula is C9H18O. The van der Waals surface area contributed by atoms with E-state index in [-0.39, 0.29) is 6.10 Å². The summed E-state index contributed by atoms with van der Waals surface area (Å²) < 4.78 is 0. The molecular weight excluding hydrogens is 124 g/mol. The zero-order valence-corrected chi connectivity index (χ0v) is 7.17. The maximum absolute atomic E-state index is 9.63. The summed E-state index contributed by atoms with van der Waals surface area (Å²) in [4.78, 5) is 0. The van der Waals surface area contributed by atoms with Gasteiger partial charge in [-0.2, -0.15) is 0 Å². The first-order valence-electron chi connectivity index (χ1n) is 4.31. The van der Waals surface area contributed by atoms with Crippen LogP contribution in [0.2, 0.25) is 0 Å². The number of rotatable bonds is 1. The van der Waals surface area contributed by atoms with E-state index >= 15 is 0 Å². The lowest BCUT2D eigenvalue weighted by molar-refractivity contribution is 0.0775. The molecule has 1 aliphatic rings. The summed E-state index contributed by atoms with van der Waals surface area (Å²) in [6.07, 6.45) is 2.41. The van der Waals surface area contributed by atoms with E-state index < -0.39 is 0 Å². The first kappa shape index (κ1) is 8.06. The Morgan fingerprint density at radius 1 is 1.30 bits per heavy atom. The monoisotopic (exact) mass is 142 g/mol. The number of hydrogen-bond acceptors (Lipinski definition) is 1. The Bertz CT molecular complexity index is 109. The molecule has 0 aliphatic heterocycles. The summed E-state index contributed by atoms with van der Waals surface area (Å²) in [5.74, 6) is 1.75. The number of aliphatic hydroxyl groups excluding tert-OH is 1. The van der Waals surface area contributed by atoms with E-state index in [1.54, 1.807) is 0 Å². The van der Waals surface area contributed by atoms with Gasteiger partial charge in [-0.05, 0) is 30.6 Å².